The average molecular weight is 555 g/mol. The molecule has 1 aliphatic heterocycles. The molecule has 1 saturated heterocycles. The molecule has 14 heteroatoms. The lowest BCUT2D eigenvalue weighted by Crippen LogP contribution is -2.57. The van der Waals surface area contributed by atoms with Gasteiger partial charge in [0.15, 0.2) is 5.96 Å². The summed E-state index contributed by atoms with van der Waals surface area (Å²) in [6, 6.07) is -0.721. The maximum atomic E-state index is 12.8. The predicted molar refractivity (Wildman–Crippen MR) is 111 cm³/mol. The molecule has 172 valence electrons. The van der Waals surface area contributed by atoms with Gasteiger partial charge < -0.3 is 15.5 Å². The Morgan fingerprint density at radius 1 is 1.13 bits per heavy atom. The Bertz CT molecular complexity index is 689. The minimum absolute atomic E-state index is 0. The van der Waals surface area contributed by atoms with Crippen LogP contribution in [0.15, 0.2) is 17.3 Å². The van der Waals surface area contributed by atoms with Crippen molar-refractivity contribution in [1.82, 2.24) is 25.1 Å². The molecule has 0 saturated carbocycles. The molecule has 1 aromatic heterocycles. The minimum atomic E-state index is -4.55. The first-order chi connectivity index (χ1) is 13.5. The lowest BCUT2D eigenvalue weighted by Gasteiger charge is -2.39. The van der Waals surface area contributed by atoms with Crippen molar-refractivity contribution < 1.29 is 26.3 Å². The van der Waals surface area contributed by atoms with Crippen LogP contribution in [0.3, 0.4) is 0 Å². The summed E-state index contributed by atoms with van der Waals surface area (Å²) in [5.41, 5.74) is -1.04. The van der Waals surface area contributed by atoms with Crippen molar-refractivity contribution in [2.45, 2.75) is 25.3 Å². The van der Waals surface area contributed by atoms with Crippen LogP contribution < -0.4 is 10.6 Å². The molecule has 1 aromatic rings. The third-order valence-corrected chi connectivity index (χ3v) is 4.48. The molecule has 0 aliphatic carbocycles. The molecule has 1 atom stereocenters. The van der Waals surface area contributed by atoms with Gasteiger partial charge in [0.1, 0.15) is 11.7 Å². The Labute approximate surface area is 187 Å². The fourth-order valence-electron chi connectivity index (χ4n) is 2.81. The molecule has 0 aromatic carbocycles. The van der Waals surface area contributed by atoms with Gasteiger partial charge in [-0.2, -0.15) is 26.3 Å². The molecule has 1 fully saturated rings. The molecule has 0 spiro atoms. The topological polar surface area (TPSA) is 68.7 Å². The molecular formula is C16H24F6IN7. The number of guanidine groups is 1. The van der Waals surface area contributed by atoms with Crippen LogP contribution in [-0.4, -0.2) is 84.3 Å². The van der Waals surface area contributed by atoms with Crippen molar-refractivity contribution >= 4 is 35.9 Å². The van der Waals surface area contributed by atoms with E-state index in [0.717, 1.165) is 19.2 Å². The van der Waals surface area contributed by atoms with E-state index in [4.69, 9.17) is 0 Å². The second-order valence-corrected chi connectivity index (χ2v) is 6.40. The summed E-state index contributed by atoms with van der Waals surface area (Å²) in [6.45, 7) is 2.94. The van der Waals surface area contributed by atoms with E-state index < -0.39 is 24.1 Å². The molecule has 7 nitrogen and oxygen atoms in total. The molecule has 2 N–H and O–H groups in total. The Morgan fingerprint density at radius 3 is 2.30 bits per heavy atom. The lowest BCUT2D eigenvalue weighted by atomic mass is 10.2. The SMILES string of the molecule is CN=C(NCCNc1nccc(C(F)(F)F)n1)N1CCN(C(C)C(F)(F)F)CC1.I. The number of aromatic nitrogens is 2. The number of hydrogen-bond acceptors (Lipinski definition) is 5. The van der Waals surface area contributed by atoms with Crippen molar-refractivity contribution in [2.24, 2.45) is 4.99 Å². The monoisotopic (exact) mass is 555 g/mol. The number of alkyl halides is 6. The number of piperazine rings is 1. The summed E-state index contributed by atoms with van der Waals surface area (Å²) in [7, 11) is 1.55. The van der Waals surface area contributed by atoms with Gasteiger partial charge in [0.05, 0.1) is 0 Å². The Morgan fingerprint density at radius 2 is 1.77 bits per heavy atom. The Balaban J connectivity index is 0.00000450. The quantitative estimate of drug-likeness (QED) is 0.192. The van der Waals surface area contributed by atoms with E-state index >= 15 is 0 Å². The first kappa shape index (κ1) is 26.5. The largest absolute Gasteiger partial charge is 0.433 e. The van der Waals surface area contributed by atoms with Gasteiger partial charge in [-0.25, -0.2) is 9.97 Å². The average Bonchev–Trinajstić information content (AvgIpc) is 2.66. The standard InChI is InChI=1S/C16H23F6N7.HI/c1-11(15(17,18)19)28-7-9-29(10-8-28)14(23-2)26-6-5-25-13-24-4-3-12(27-13)16(20,21)22;/h3-4,11H,5-10H2,1-2H3,(H,23,26)(H,24,25,27);1H. The van der Waals surface area contributed by atoms with Crippen LogP contribution in [0.25, 0.3) is 0 Å². The molecule has 2 heterocycles. The van der Waals surface area contributed by atoms with Crippen molar-refractivity contribution in [1.29, 1.82) is 0 Å². The Hall–Kier alpha value is -1.58. The smallest absolute Gasteiger partial charge is 0.354 e. The van der Waals surface area contributed by atoms with Gasteiger partial charge in [0, 0.05) is 52.5 Å². The van der Waals surface area contributed by atoms with Crippen LogP contribution in [-0.2, 0) is 6.18 Å². The molecular weight excluding hydrogens is 531 g/mol. The zero-order valence-electron chi connectivity index (χ0n) is 16.4. The fraction of sp³-hybridized carbons (Fsp3) is 0.688. The molecule has 0 radical (unpaired) electrons. The van der Waals surface area contributed by atoms with Gasteiger partial charge >= 0.3 is 12.4 Å². The molecule has 0 bridgehead atoms. The van der Waals surface area contributed by atoms with E-state index in [2.05, 4.69) is 25.6 Å². The zero-order valence-corrected chi connectivity index (χ0v) is 18.7. The molecule has 1 aliphatic rings. The second-order valence-electron chi connectivity index (χ2n) is 6.40. The number of hydrogen-bond donors (Lipinski definition) is 2. The fourth-order valence-corrected chi connectivity index (χ4v) is 2.81. The highest BCUT2D eigenvalue weighted by Crippen LogP contribution is 2.27. The van der Waals surface area contributed by atoms with Gasteiger partial charge in [-0.1, -0.05) is 0 Å². The number of rotatable bonds is 5. The van der Waals surface area contributed by atoms with Crippen LogP contribution in [0.2, 0.25) is 0 Å². The van der Waals surface area contributed by atoms with E-state index in [9.17, 15) is 26.3 Å². The van der Waals surface area contributed by atoms with E-state index in [-0.39, 0.29) is 49.6 Å². The second kappa shape index (κ2) is 11.2. The van der Waals surface area contributed by atoms with Crippen LogP contribution >= 0.6 is 24.0 Å². The minimum Gasteiger partial charge on any atom is -0.354 e. The van der Waals surface area contributed by atoms with E-state index in [1.165, 1.54) is 4.90 Å². The van der Waals surface area contributed by atoms with Crippen molar-refractivity contribution in [3.8, 4) is 0 Å². The maximum absolute atomic E-state index is 12.8. The van der Waals surface area contributed by atoms with Crippen LogP contribution in [0, 0.1) is 0 Å². The van der Waals surface area contributed by atoms with Crippen molar-refractivity contribution in [2.75, 3.05) is 51.6 Å². The molecule has 2 rings (SSSR count). The highest BCUT2D eigenvalue weighted by Gasteiger charge is 2.41. The van der Waals surface area contributed by atoms with Crippen LogP contribution in [0.5, 0.6) is 0 Å². The number of anilines is 1. The summed E-state index contributed by atoms with van der Waals surface area (Å²) in [4.78, 5) is 14.4. The zero-order chi connectivity index (χ0) is 21.7. The summed E-state index contributed by atoms with van der Waals surface area (Å²) in [6.07, 6.45) is -7.80. The maximum Gasteiger partial charge on any atom is 0.433 e. The Kier molecular flexibility index (Phi) is 9.84. The number of halogens is 7. The lowest BCUT2D eigenvalue weighted by molar-refractivity contribution is -0.181. The van der Waals surface area contributed by atoms with E-state index in [0.29, 0.717) is 25.6 Å². The van der Waals surface area contributed by atoms with E-state index in [1.54, 1.807) is 7.05 Å². The number of aliphatic imine (C=N–C) groups is 1. The van der Waals surface area contributed by atoms with Gasteiger partial charge in [-0.15, -0.1) is 24.0 Å². The summed E-state index contributed by atoms with van der Waals surface area (Å²) in [5, 5.41) is 5.71. The highest BCUT2D eigenvalue weighted by molar-refractivity contribution is 14.0. The first-order valence-electron chi connectivity index (χ1n) is 8.93. The molecule has 30 heavy (non-hydrogen) atoms. The third kappa shape index (κ3) is 7.59. The van der Waals surface area contributed by atoms with Crippen LogP contribution in [0.1, 0.15) is 12.6 Å². The van der Waals surface area contributed by atoms with Gasteiger partial charge in [-0.3, -0.25) is 9.89 Å². The summed E-state index contributed by atoms with van der Waals surface area (Å²) in [5.74, 6) is 0.363. The first-order valence-corrected chi connectivity index (χ1v) is 8.93. The highest BCUT2D eigenvalue weighted by atomic mass is 127. The third-order valence-electron chi connectivity index (χ3n) is 4.48. The van der Waals surface area contributed by atoms with Gasteiger partial charge in [-0.05, 0) is 13.0 Å². The summed E-state index contributed by atoms with van der Waals surface area (Å²) >= 11 is 0. The van der Waals surface area contributed by atoms with Crippen molar-refractivity contribution in [3.63, 3.8) is 0 Å². The summed E-state index contributed by atoms with van der Waals surface area (Å²) < 4.78 is 76.4. The normalized spacial score (nSPS) is 17.3. The van der Waals surface area contributed by atoms with Gasteiger partial charge in [0.2, 0.25) is 5.95 Å². The molecule has 0 amide bonds. The predicted octanol–water partition coefficient (Wildman–Crippen LogP) is 2.67. The van der Waals surface area contributed by atoms with Crippen LogP contribution in [0.4, 0.5) is 32.3 Å². The van der Waals surface area contributed by atoms with Gasteiger partial charge in [0.25, 0.3) is 0 Å². The molecule has 1 unspecified atom stereocenters. The van der Waals surface area contributed by atoms with Crippen molar-refractivity contribution in [3.05, 3.63) is 18.0 Å². The number of nitrogens with zero attached hydrogens (tertiary/aromatic N) is 5. The number of nitrogens with one attached hydrogen (secondary N) is 2. The van der Waals surface area contributed by atoms with E-state index in [1.807, 2.05) is 4.90 Å².